The number of hydrogen-bond acceptors (Lipinski definition) is 6. The molecule has 0 spiro atoms. The Kier molecular flexibility index (Phi) is 6.56. The third-order valence-electron chi connectivity index (χ3n) is 5.50. The number of nitrogens with zero attached hydrogens (tertiary/aromatic N) is 2. The van der Waals surface area contributed by atoms with Crippen LogP contribution in [0.3, 0.4) is 0 Å². The highest BCUT2D eigenvalue weighted by atomic mass is 32.2. The van der Waals surface area contributed by atoms with Crippen LogP contribution in [0.25, 0.3) is 0 Å². The first kappa shape index (κ1) is 23.3. The zero-order valence-corrected chi connectivity index (χ0v) is 19.7. The van der Waals surface area contributed by atoms with Crippen molar-refractivity contribution in [1.82, 2.24) is 0 Å². The normalized spacial score (nSPS) is 12.7. The quantitative estimate of drug-likeness (QED) is 0.523. The van der Waals surface area contributed by atoms with Gasteiger partial charge in [0.1, 0.15) is 0 Å². The van der Waals surface area contributed by atoms with Crippen LogP contribution in [-0.4, -0.2) is 47.5 Å². The second-order valence-corrected chi connectivity index (χ2v) is 9.91. The maximum Gasteiger partial charge on any atom is 0.338 e. The van der Waals surface area contributed by atoms with E-state index in [2.05, 4.69) is 5.32 Å². The Hall–Kier alpha value is -3.85. The number of benzene rings is 3. The molecular weight excluding hydrogens is 454 g/mol. The van der Waals surface area contributed by atoms with Gasteiger partial charge in [0, 0.05) is 32.0 Å². The molecule has 0 fully saturated rings. The largest absolute Gasteiger partial charge is 0.452 e. The Morgan fingerprint density at radius 3 is 2.47 bits per heavy atom. The summed E-state index contributed by atoms with van der Waals surface area (Å²) in [5.74, 6) is -1.28. The molecule has 0 saturated carbocycles. The third kappa shape index (κ3) is 4.89. The molecule has 1 heterocycles. The number of nitrogens with one attached hydrogen (secondary N) is 1. The molecule has 0 unspecified atom stereocenters. The second kappa shape index (κ2) is 9.56. The van der Waals surface area contributed by atoms with E-state index in [0.717, 1.165) is 11.3 Å². The molecule has 4 rings (SSSR count). The lowest BCUT2D eigenvalue weighted by atomic mass is 10.2. The molecule has 1 N–H and O–H groups in total. The number of ether oxygens (including phenoxy) is 1. The highest BCUT2D eigenvalue weighted by Gasteiger charge is 2.31. The molecule has 0 aliphatic carbocycles. The molecule has 3 aromatic rings. The van der Waals surface area contributed by atoms with Gasteiger partial charge in [0.05, 0.1) is 16.1 Å². The lowest BCUT2D eigenvalue weighted by molar-refractivity contribution is -0.119. The van der Waals surface area contributed by atoms with Gasteiger partial charge in [0.25, 0.3) is 15.9 Å². The minimum atomic E-state index is -3.85. The fourth-order valence-corrected chi connectivity index (χ4v) is 5.27. The van der Waals surface area contributed by atoms with Gasteiger partial charge in [-0.25, -0.2) is 13.2 Å². The van der Waals surface area contributed by atoms with E-state index in [4.69, 9.17) is 4.74 Å². The Balaban J connectivity index is 1.40. The minimum Gasteiger partial charge on any atom is -0.452 e. The van der Waals surface area contributed by atoms with Crippen molar-refractivity contribution >= 4 is 39.0 Å². The number of carbonyl (C=O) groups excluding carboxylic acids is 2. The summed E-state index contributed by atoms with van der Waals surface area (Å²) >= 11 is 0. The SMILES string of the molecule is CN(C)c1ccc(NC(=O)COC(=O)c2cccc(S(=O)(=O)N3CCc4ccccc43)c2)cc1. The summed E-state index contributed by atoms with van der Waals surface area (Å²) in [6, 6.07) is 20.2. The van der Waals surface area contributed by atoms with E-state index in [1.807, 2.05) is 43.3 Å². The smallest absolute Gasteiger partial charge is 0.338 e. The molecule has 1 amide bonds. The van der Waals surface area contributed by atoms with Gasteiger partial charge in [-0.3, -0.25) is 9.10 Å². The summed E-state index contributed by atoms with van der Waals surface area (Å²) in [5.41, 5.74) is 3.22. The summed E-state index contributed by atoms with van der Waals surface area (Å²) in [6.07, 6.45) is 0.629. The van der Waals surface area contributed by atoms with Crippen molar-refractivity contribution in [2.24, 2.45) is 0 Å². The maximum absolute atomic E-state index is 13.2. The van der Waals surface area contributed by atoms with E-state index in [1.165, 1.54) is 28.6 Å². The highest BCUT2D eigenvalue weighted by Crippen LogP contribution is 2.32. The molecular formula is C25H25N3O5S. The molecule has 1 aliphatic heterocycles. The molecule has 8 nitrogen and oxygen atoms in total. The molecule has 0 aromatic heterocycles. The van der Waals surface area contributed by atoms with E-state index in [9.17, 15) is 18.0 Å². The number of esters is 1. The Bertz CT molecular complexity index is 1320. The van der Waals surface area contributed by atoms with Crippen LogP contribution in [0.4, 0.5) is 17.1 Å². The van der Waals surface area contributed by atoms with Gasteiger partial charge in [0.2, 0.25) is 0 Å². The van der Waals surface area contributed by atoms with Crippen LogP contribution >= 0.6 is 0 Å². The van der Waals surface area contributed by atoms with Crippen LogP contribution in [-0.2, 0) is 26.0 Å². The fraction of sp³-hybridized carbons (Fsp3) is 0.200. The molecule has 34 heavy (non-hydrogen) atoms. The van der Waals surface area contributed by atoms with Crippen molar-refractivity contribution in [3.05, 3.63) is 83.9 Å². The minimum absolute atomic E-state index is 0.0101. The van der Waals surface area contributed by atoms with Gasteiger partial charge in [-0.15, -0.1) is 0 Å². The number of amides is 1. The number of fused-ring (bicyclic) bond motifs is 1. The summed E-state index contributed by atoms with van der Waals surface area (Å²) in [4.78, 5) is 26.6. The highest BCUT2D eigenvalue weighted by molar-refractivity contribution is 7.92. The van der Waals surface area contributed by atoms with Crippen LogP contribution in [0.2, 0.25) is 0 Å². The van der Waals surface area contributed by atoms with Gasteiger partial charge in [-0.05, 0) is 60.5 Å². The molecule has 0 radical (unpaired) electrons. The molecule has 0 atom stereocenters. The van der Waals surface area contributed by atoms with Crippen LogP contribution in [0.15, 0.2) is 77.7 Å². The van der Waals surface area contributed by atoms with E-state index in [0.29, 0.717) is 24.3 Å². The average molecular weight is 480 g/mol. The molecule has 176 valence electrons. The van der Waals surface area contributed by atoms with Gasteiger partial charge in [0.15, 0.2) is 6.61 Å². The van der Waals surface area contributed by atoms with Crippen LogP contribution in [0.1, 0.15) is 15.9 Å². The standard InChI is InChI=1S/C25H25N3O5S/c1-27(2)21-12-10-20(11-13-21)26-24(29)17-33-25(30)19-7-5-8-22(16-19)34(31,32)28-15-14-18-6-3-4-9-23(18)28/h3-13,16H,14-15,17H2,1-2H3,(H,26,29). The van der Waals surface area contributed by atoms with E-state index < -0.39 is 28.5 Å². The first-order chi connectivity index (χ1) is 16.3. The fourth-order valence-electron chi connectivity index (χ4n) is 3.72. The van der Waals surface area contributed by atoms with Crippen LogP contribution in [0.5, 0.6) is 0 Å². The van der Waals surface area contributed by atoms with Crippen molar-refractivity contribution in [2.75, 3.05) is 41.8 Å². The Labute approximate surface area is 198 Å². The average Bonchev–Trinajstić information content (AvgIpc) is 3.28. The van der Waals surface area contributed by atoms with Crippen molar-refractivity contribution < 1.29 is 22.7 Å². The van der Waals surface area contributed by atoms with Gasteiger partial charge >= 0.3 is 5.97 Å². The van der Waals surface area contributed by atoms with Crippen molar-refractivity contribution in [2.45, 2.75) is 11.3 Å². The number of rotatable bonds is 7. The van der Waals surface area contributed by atoms with E-state index in [1.54, 1.807) is 24.3 Å². The number of sulfonamides is 1. The molecule has 1 aliphatic rings. The zero-order chi connectivity index (χ0) is 24.3. The monoisotopic (exact) mass is 479 g/mol. The lowest BCUT2D eigenvalue weighted by Crippen LogP contribution is -2.29. The number of para-hydroxylation sites is 1. The summed E-state index contributed by atoms with van der Waals surface area (Å²) in [5, 5.41) is 2.66. The number of hydrogen-bond donors (Lipinski definition) is 1. The first-order valence-corrected chi connectivity index (χ1v) is 12.1. The molecule has 3 aromatic carbocycles. The molecule has 0 bridgehead atoms. The second-order valence-electron chi connectivity index (χ2n) is 8.05. The zero-order valence-electron chi connectivity index (χ0n) is 18.9. The van der Waals surface area contributed by atoms with Gasteiger partial charge in [-0.1, -0.05) is 24.3 Å². The third-order valence-corrected chi connectivity index (χ3v) is 7.31. The lowest BCUT2D eigenvalue weighted by Gasteiger charge is -2.19. The van der Waals surface area contributed by atoms with E-state index in [-0.39, 0.29) is 10.5 Å². The molecule has 9 heteroatoms. The van der Waals surface area contributed by atoms with Crippen molar-refractivity contribution in [1.29, 1.82) is 0 Å². The number of anilines is 3. The van der Waals surface area contributed by atoms with Crippen molar-refractivity contribution in [3.8, 4) is 0 Å². The predicted octanol–water partition coefficient (Wildman–Crippen LogP) is 3.30. The summed E-state index contributed by atoms with van der Waals surface area (Å²) in [7, 11) is -0.0190. The van der Waals surface area contributed by atoms with Crippen LogP contribution < -0.4 is 14.5 Å². The van der Waals surface area contributed by atoms with Crippen LogP contribution in [0, 0.1) is 0 Å². The van der Waals surface area contributed by atoms with Gasteiger partial charge < -0.3 is 15.0 Å². The van der Waals surface area contributed by atoms with Crippen molar-refractivity contribution in [3.63, 3.8) is 0 Å². The summed E-state index contributed by atoms with van der Waals surface area (Å²) in [6.45, 7) is -0.156. The predicted molar refractivity (Wildman–Crippen MR) is 131 cm³/mol. The summed E-state index contributed by atoms with van der Waals surface area (Å²) < 4.78 is 32.9. The topological polar surface area (TPSA) is 96.0 Å². The first-order valence-electron chi connectivity index (χ1n) is 10.7. The molecule has 0 saturated heterocycles. The number of carbonyl (C=O) groups is 2. The maximum atomic E-state index is 13.2. The van der Waals surface area contributed by atoms with Gasteiger partial charge in [-0.2, -0.15) is 0 Å². The Morgan fingerprint density at radius 1 is 1.00 bits per heavy atom. The van der Waals surface area contributed by atoms with E-state index >= 15 is 0 Å². The Morgan fingerprint density at radius 2 is 1.74 bits per heavy atom.